The van der Waals surface area contributed by atoms with Crippen LogP contribution in [0.2, 0.25) is 0 Å². The molecule has 0 aliphatic heterocycles. The number of anilines is 1. The van der Waals surface area contributed by atoms with Crippen molar-refractivity contribution in [1.29, 1.82) is 0 Å². The molecule has 0 fully saturated rings. The molecule has 1 aromatic rings. The predicted octanol–water partition coefficient (Wildman–Crippen LogP) is 2.08. The van der Waals surface area contributed by atoms with E-state index in [1.54, 1.807) is 12.1 Å². The molecule has 4 N–H and O–H groups in total. The average molecular weight is 250 g/mol. The number of carbonyl (C=O) groups excluding carboxylic acids is 1. The van der Waals surface area contributed by atoms with Gasteiger partial charge in [0.1, 0.15) is 0 Å². The maximum atomic E-state index is 11.4. The highest BCUT2D eigenvalue weighted by Gasteiger charge is 2.19. The largest absolute Gasteiger partial charge is 0.478 e. The van der Waals surface area contributed by atoms with Gasteiger partial charge in [0.25, 0.3) is 5.91 Å². The lowest BCUT2D eigenvalue weighted by Gasteiger charge is -2.19. The van der Waals surface area contributed by atoms with E-state index in [2.05, 4.69) is 5.32 Å². The Bertz CT molecular complexity index is 454. The summed E-state index contributed by atoms with van der Waals surface area (Å²) < 4.78 is 0. The molecule has 0 aliphatic carbocycles. The highest BCUT2D eigenvalue weighted by Crippen LogP contribution is 2.21. The molecular formula is C13H18N2O3. The number of carbonyl (C=O) groups is 2. The van der Waals surface area contributed by atoms with Gasteiger partial charge in [-0.3, -0.25) is 4.79 Å². The molecule has 1 amide bonds. The molecule has 0 saturated carbocycles. The van der Waals surface area contributed by atoms with Crippen LogP contribution in [0.15, 0.2) is 18.2 Å². The first-order valence-corrected chi connectivity index (χ1v) is 5.93. The third-order valence-electron chi connectivity index (χ3n) is 2.89. The van der Waals surface area contributed by atoms with Crippen molar-refractivity contribution < 1.29 is 14.7 Å². The van der Waals surface area contributed by atoms with Crippen LogP contribution in [-0.2, 0) is 0 Å². The SMILES string of the molecule is CCC(CC)Nc1cccc(C(=O)O)c1C(N)=O. The van der Waals surface area contributed by atoms with Crippen molar-refractivity contribution in [2.75, 3.05) is 5.32 Å². The molecule has 0 saturated heterocycles. The van der Waals surface area contributed by atoms with Gasteiger partial charge in [0.05, 0.1) is 11.1 Å². The van der Waals surface area contributed by atoms with Crippen molar-refractivity contribution in [1.82, 2.24) is 0 Å². The second-order valence-corrected chi connectivity index (χ2v) is 4.06. The number of rotatable bonds is 6. The van der Waals surface area contributed by atoms with Crippen molar-refractivity contribution in [3.63, 3.8) is 0 Å². The van der Waals surface area contributed by atoms with Crippen molar-refractivity contribution >= 4 is 17.6 Å². The van der Waals surface area contributed by atoms with E-state index in [0.717, 1.165) is 12.8 Å². The molecule has 1 rings (SSSR count). The van der Waals surface area contributed by atoms with Gasteiger partial charge in [0, 0.05) is 11.7 Å². The Morgan fingerprint density at radius 3 is 2.39 bits per heavy atom. The fraction of sp³-hybridized carbons (Fsp3) is 0.385. The summed E-state index contributed by atoms with van der Waals surface area (Å²) in [5.74, 6) is -1.89. The van der Waals surface area contributed by atoms with E-state index >= 15 is 0 Å². The molecule has 18 heavy (non-hydrogen) atoms. The molecule has 0 radical (unpaired) electrons. The minimum atomic E-state index is -1.16. The number of benzene rings is 1. The highest BCUT2D eigenvalue weighted by molar-refractivity contribution is 6.08. The molecule has 98 valence electrons. The number of nitrogens with two attached hydrogens (primary N) is 1. The Balaban J connectivity index is 3.22. The van der Waals surface area contributed by atoms with E-state index in [0.29, 0.717) is 5.69 Å². The van der Waals surface area contributed by atoms with Crippen LogP contribution < -0.4 is 11.1 Å². The lowest BCUT2D eigenvalue weighted by atomic mass is 10.0. The van der Waals surface area contributed by atoms with E-state index in [1.807, 2.05) is 13.8 Å². The summed E-state index contributed by atoms with van der Waals surface area (Å²) in [5.41, 5.74) is 5.72. The molecular weight excluding hydrogens is 232 g/mol. The number of carboxylic acids is 1. The summed E-state index contributed by atoms with van der Waals surface area (Å²) in [6.07, 6.45) is 1.76. The zero-order valence-electron chi connectivity index (χ0n) is 10.6. The molecule has 0 unspecified atom stereocenters. The lowest BCUT2D eigenvalue weighted by Crippen LogP contribution is -2.23. The smallest absolute Gasteiger partial charge is 0.336 e. The lowest BCUT2D eigenvalue weighted by molar-refractivity contribution is 0.0692. The molecule has 1 aromatic carbocycles. The minimum Gasteiger partial charge on any atom is -0.478 e. The van der Waals surface area contributed by atoms with Crippen molar-refractivity contribution in [2.24, 2.45) is 5.73 Å². The number of carboxylic acid groups (broad SMARTS) is 1. The van der Waals surface area contributed by atoms with Crippen LogP contribution in [0.25, 0.3) is 0 Å². The van der Waals surface area contributed by atoms with Crippen molar-refractivity contribution in [3.05, 3.63) is 29.3 Å². The standard InChI is InChI=1S/C13H18N2O3/c1-3-8(4-2)15-10-7-5-6-9(13(17)18)11(10)12(14)16/h5-8,15H,3-4H2,1-2H3,(H2,14,16)(H,17,18). The van der Waals surface area contributed by atoms with E-state index < -0.39 is 11.9 Å². The fourth-order valence-electron chi connectivity index (χ4n) is 1.83. The van der Waals surface area contributed by atoms with E-state index in [1.165, 1.54) is 6.07 Å². The van der Waals surface area contributed by atoms with E-state index in [9.17, 15) is 9.59 Å². The Morgan fingerprint density at radius 1 is 1.33 bits per heavy atom. The second kappa shape index (κ2) is 6.05. The van der Waals surface area contributed by atoms with Gasteiger partial charge in [-0.2, -0.15) is 0 Å². The normalized spacial score (nSPS) is 10.4. The summed E-state index contributed by atoms with van der Waals surface area (Å²) in [6.45, 7) is 4.04. The maximum absolute atomic E-state index is 11.4. The topological polar surface area (TPSA) is 92.4 Å². The van der Waals surface area contributed by atoms with Crippen LogP contribution in [0.3, 0.4) is 0 Å². The van der Waals surface area contributed by atoms with E-state index in [-0.39, 0.29) is 17.2 Å². The minimum absolute atomic E-state index is 0.0388. The van der Waals surface area contributed by atoms with Gasteiger partial charge in [0.2, 0.25) is 0 Å². The molecule has 5 nitrogen and oxygen atoms in total. The summed E-state index contributed by atoms with van der Waals surface area (Å²) in [6, 6.07) is 4.83. The average Bonchev–Trinajstić information content (AvgIpc) is 2.35. The highest BCUT2D eigenvalue weighted by atomic mass is 16.4. The number of primary amides is 1. The first-order valence-electron chi connectivity index (χ1n) is 5.93. The zero-order valence-corrected chi connectivity index (χ0v) is 10.6. The molecule has 5 heteroatoms. The Labute approximate surface area is 106 Å². The molecule has 0 atom stereocenters. The van der Waals surface area contributed by atoms with Crippen LogP contribution >= 0.6 is 0 Å². The van der Waals surface area contributed by atoms with Crippen molar-refractivity contribution in [3.8, 4) is 0 Å². The molecule has 0 spiro atoms. The summed E-state index contributed by atoms with van der Waals surface area (Å²) in [5, 5.41) is 12.2. The quantitative estimate of drug-likeness (QED) is 0.720. The molecule has 0 heterocycles. The number of aromatic carboxylic acids is 1. The zero-order chi connectivity index (χ0) is 13.7. The number of amides is 1. The van der Waals surface area contributed by atoms with Gasteiger partial charge >= 0.3 is 5.97 Å². The van der Waals surface area contributed by atoms with Crippen LogP contribution in [0, 0.1) is 0 Å². The Hall–Kier alpha value is -2.04. The molecule has 0 aliphatic rings. The van der Waals surface area contributed by atoms with Gasteiger partial charge < -0.3 is 16.2 Å². The van der Waals surface area contributed by atoms with E-state index in [4.69, 9.17) is 10.8 Å². The van der Waals surface area contributed by atoms with Crippen molar-refractivity contribution in [2.45, 2.75) is 32.7 Å². The first-order chi connectivity index (χ1) is 8.51. The number of hydrogen-bond donors (Lipinski definition) is 3. The number of hydrogen-bond acceptors (Lipinski definition) is 3. The van der Waals surface area contributed by atoms with Gasteiger partial charge in [-0.25, -0.2) is 4.79 Å². The maximum Gasteiger partial charge on any atom is 0.336 e. The molecule has 0 aromatic heterocycles. The summed E-state index contributed by atoms with van der Waals surface area (Å²) >= 11 is 0. The Kier molecular flexibility index (Phi) is 4.71. The van der Waals surface area contributed by atoms with Crippen LogP contribution in [-0.4, -0.2) is 23.0 Å². The summed E-state index contributed by atoms with van der Waals surface area (Å²) in [4.78, 5) is 22.5. The molecule has 0 bridgehead atoms. The van der Waals surface area contributed by atoms with Crippen LogP contribution in [0.1, 0.15) is 47.4 Å². The van der Waals surface area contributed by atoms with Gasteiger partial charge in [-0.15, -0.1) is 0 Å². The second-order valence-electron chi connectivity index (χ2n) is 4.06. The van der Waals surface area contributed by atoms with Gasteiger partial charge in [-0.1, -0.05) is 19.9 Å². The summed E-state index contributed by atoms with van der Waals surface area (Å²) in [7, 11) is 0. The third kappa shape index (κ3) is 3.00. The monoisotopic (exact) mass is 250 g/mol. The van der Waals surface area contributed by atoms with Gasteiger partial charge in [-0.05, 0) is 25.0 Å². The first kappa shape index (κ1) is 14.0. The van der Waals surface area contributed by atoms with Crippen LogP contribution in [0.4, 0.5) is 5.69 Å². The Morgan fingerprint density at radius 2 is 1.94 bits per heavy atom. The van der Waals surface area contributed by atoms with Gasteiger partial charge in [0.15, 0.2) is 0 Å². The number of nitrogens with one attached hydrogen (secondary N) is 1. The fourth-order valence-corrected chi connectivity index (χ4v) is 1.83. The van der Waals surface area contributed by atoms with Crippen LogP contribution in [0.5, 0.6) is 0 Å². The third-order valence-corrected chi connectivity index (χ3v) is 2.89. The predicted molar refractivity (Wildman–Crippen MR) is 69.9 cm³/mol.